The minimum absolute atomic E-state index is 0.481. The molecule has 0 bridgehead atoms. The molecule has 1 aliphatic heterocycles. The number of anilines is 1. The second-order valence-corrected chi connectivity index (χ2v) is 5.40. The number of rotatable bonds is 2. The van der Waals surface area contributed by atoms with E-state index in [1.807, 2.05) is 0 Å². The molecule has 1 saturated heterocycles. The minimum Gasteiger partial charge on any atom is -0.350 e. The highest BCUT2D eigenvalue weighted by Crippen LogP contribution is 2.35. The molecule has 2 heteroatoms. The average molecular weight is 252 g/mol. The molecule has 0 spiro atoms. The monoisotopic (exact) mass is 252 g/mol. The average Bonchev–Trinajstić information content (AvgIpc) is 2.88. The number of pyridine rings is 1. The van der Waals surface area contributed by atoms with Crippen LogP contribution in [-0.2, 0) is 0 Å². The first-order valence-corrected chi connectivity index (χ1v) is 7.01. The van der Waals surface area contributed by atoms with Crippen LogP contribution in [0.2, 0.25) is 0 Å². The van der Waals surface area contributed by atoms with Crippen molar-refractivity contribution in [2.24, 2.45) is 0 Å². The molecule has 2 heterocycles. The summed E-state index contributed by atoms with van der Waals surface area (Å²) in [5, 5.41) is 0. The molecule has 1 fully saturated rings. The van der Waals surface area contributed by atoms with E-state index in [0.29, 0.717) is 6.04 Å². The summed E-state index contributed by atoms with van der Waals surface area (Å²) in [6.45, 7) is 5.32. The summed E-state index contributed by atoms with van der Waals surface area (Å²) in [5.41, 5.74) is 3.84. The molecular weight excluding hydrogens is 232 g/mol. The lowest BCUT2D eigenvalue weighted by atomic mass is 10.0. The van der Waals surface area contributed by atoms with Gasteiger partial charge < -0.3 is 4.90 Å². The summed E-state index contributed by atoms with van der Waals surface area (Å²) >= 11 is 0. The van der Waals surface area contributed by atoms with E-state index < -0.39 is 0 Å². The van der Waals surface area contributed by atoms with E-state index in [1.165, 1.54) is 24.0 Å². The maximum atomic E-state index is 4.68. The molecule has 19 heavy (non-hydrogen) atoms. The first-order valence-electron chi connectivity index (χ1n) is 7.01. The zero-order valence-corrected chi connectivity index (χ0v) is 11.6. The van der Waals surface area contributed by atoms with Crippen LogP contribution in [0.1, 0.15) is 35.7 Å². The first kappa shape index (κ1) is 12.2. The zero-order chi connectivity index (χ0) is 13.2. The van der Waals surface area contributed by atoms with Gasteiger partial charge in [-0.1, -0.05) is 35.9 Å². The van der Waals surface area contributed by atoms with E-state index >= 15 is 0 Å². The molecule has 0 radical (unpaired) electrons. The Morgan fingerprint density at radius 1 is 1.11 bits per heavy atom. The maximum absolute atomic E-state index is 4.68. The van der Waals surface area contributed by atoms with Crippen molar-refractivity contribution in [3.8, 4) is 0 Å². The number of nitrogens with zero attached hydrogens (tertiary/aromatic N) is 2. The number of benzene rings is 1. The highest BCUT2D eigenvalue weighted by atomic mass is 15.2. The number of hydrogen-bond donors (Lipinski definition) is 0. The van der Waals surface area contributed by atoms with Gasteiger partial charge in [0.2, 0.25) is 0 Å². The molecule has 1 atom stereocenters. The fraction of sp³-hybridized carbons (Fsp3) is 0.353. The Morgan fingerprint density at radius 2 is 1.95 bits per heavy atom. The molecule has 0 saturated carbocycles. The Kier molecular flexibility index (Phi) is 3.24. The van der Waals surface area contributed by atoms with Gasteiger partial charge in [-0.25, -0.2) is 4.98 Å². The molecule has 0 N–H and O–H groups in total. The van der Waals surface area contributed by atoms with E-state index in [1.54, 1.807) is 0 Å². The van der Waals surface area contributed by atoms with Crippen LogP contribution in [0.3, 0.4) is 0 Å². The van der Waals surface area contributed by atoms with Crippen LogP contribution in [0, 0.1) is 13.8 Å². The SMILES string of the molecule is Cc1cccc(C2CCCN2c2cccc(C)n2)c1. The predicted molar refractivity (Wildman–Crippen MR) is 79.5 cm³/mol. The lowest BCUT2D eigenvalue weighted by molar-refractivity contribution is 0.710. The van der Waals surface area contributed by atoms with Crippen molar-refractivity contribution in [3.05, 3.63) is 59.3 Å². The molecule has 2 nitrogen and oxygen atoms in total. The second kappa shape index (κ2) is 5.04. The number of aryl methyl sites for hydroxylation is 2. The molecule has 3 rings (SSSR count). The molecule has 98 valence electrons. The topological polar surface area (TPSA) is 16.1 Å². The van der Waals surface area contributed by atoms with Gasteiger partial charge in [0.15, 0.2) is 0 Å². The molecule has 1 unspecified atom stereocenters. The summed E-state index contributed by atoms with van der Waals surface area (Å²) in [6.07, 6.45) is 2.47. The minimum atomic E-state index is 0.481. The smallest absolute Gasteiger partial charge is 0.129 e. The van der Waals surface area contributed by atoms with Gasteiger partial charge in [0.05, 0.1) is 6.04 Å². The highest BCUT2D eigenvalue weighted by molar-refractivity contribution is 5.45. The third-order valence-corrected chi connectivity index (χ3v) is 3.85. The lowest BCUT2D eigenvalue weighted by Crippen LogP contribution is -2.23. The third-order valence-electron chi connectivity index (χ3n) is 3.85. The van der Waals surface area contributed by atoms with Crippen molar-refractivity contribution in [3.63, 3.8) is 0 Å². The molecular formula is C17H20N2. The Balaban J connectivity index is 1.93. The maximum Gasteiger partial charge on any atom is 0.129 e. The van der Waals surface area contributed by atoms with E-state index in [4.69, 9.17) is 0 Å². The highest BCUT2D eigenvalue weighted by Gasteiger charge is 2.26. The molecule has 1 aromatic heterocycles. The molecule has 1 aliphatic rings. The fourth-order valence-electron chi connectivity index (χ4n) is 2.95. The van der Waals surface area contributed by atoms with Crippen LogP contribution in [0.5, 0.6) is 0 Å². The number of aromatic nitrogens is 1. The van der Waals surface area contributed by atoms with Gasteiger partial charge in [-0.3, -0.25) is 0 Å². The van der Waals surface area contributed by atoms with Crippen LogP contribution in [-0.4, -0.2) is 11.5 Å². The third kappa shape index (κ3) is 2.48. The fourth-order valence-corrected chi connectivity index (χ4v) is 2.95. The van der Waals surface area contributed by atoms with Crippen molar-refractivity contribution < 1.29 is 0 Å². The summed E-state index contributed by atoms with van der Waals surface area (Å²) in [6, 6.07) is 15.6. The van der Waals surface area contributed by atoms with E-state index in [9.17, 15) is 0 Å². The summed E-state index contributed by atoms with van der Waals surface area (Å²) in [4.78, 5) is 7.13. The van der Waals surface area contributed by atoms with Crippen LogP contribution < -0.4 is 4.90 Å². The molecule has 2 aromatic rings. The first-order chi connectivity index (χ1) is 9.24. The second-order valence-electron chi connectivity index (χ2n) is 5.40. The van der Waals surface area contributed by atoms with Crippen molar-refractivity contribution >= 4 is 5.82 Å². The van der Waals surface area contributed by atoms with Gasteiger partial charge in [0.1, 0.15) is 5.82 Å². The molecule has 0 aliphatic carbocycles. The van der Waals surface area contributed by atoms with Gasteiger partial charge in [-0.2, -0.15) is 0 Å². The van der Waals surface area contributed by atoms with Gasteiger partial charge >= 0.3 is 0 Å². The van der Waals surface area contributed by atoms with Gasteiger partial charge in [0.25, 0.3) is 0 Å². The van der Waals surface area contributed by atoms with Crippen LogP contribution in [0.25, 0.3) is 0 Å². The van der Waals surface area contributed by atoms with E-state index in [0.717, 1.165) is 18.1 Å². The van der Waals surface area contributed by atoms with Crippen LogP contribution in [0.15, 0.2) is 42.5 Å². The summed E-state index contributed by atoms with van der Waals surface area (Å²) in [5.74, 6) is 1.11. The summed E-state index contributed by atoms with van der Waals surface area (Å²) in [7, 11) is 0. The van der Waals surface area contributed by atoms with Crippen molar-refractivity contribution in [1.82, 2.24) is 4.98 Å². The van der Waals surface area contributed by atoms with Crippen molar-refractivity contribution in [2.45, 2.75) is 32.7 Å². The normalized spacial score (nSPS) is 18.8. The Labute approximate surface area is 115 Å². The Bertz CT molecular complexity index is 525. The zero-order valence-electron chi connectivity index (χ0n) is 11.6. The largest absolute Gasteiger partial charge is 0.350 e. The van der Waals surface area contributed by atoms with Crippen molar-refractivity contribution in [1.29, 1.82) is 0 Å². The van der Waals surface area contributed by atoms with E-state index in [2.05, 4.69) is 66.2 Å². The molecule has 1 aromatic carbocycles. The van der Waals surface area contributed by atoms with Crippen molar-refractivity contribution in [2.75, 3.05) is 11.4 Å². The van der Waals surface area contributed by atoms with Gasteiger partial charge in [-0.05, 0) is 44.4 Å². The van der Waals surface area contributed by atoms with Crippen LogP contribution >= 0.6 is 0 Å². The van der Waals surface area contributed by atoms with Crippen LogP contribution in [0.4, 0.5) is 5.82 Å². The Morgan fingerprint density at radius 3 is 2.74 bits per heavy atom. The van der Waals surface area contributed by atoms with E-state index in [-0.39, 0.29) is 0 Å². The quantitative estimate of drug-likeness (QED) is 0.802. The standard InChI is InChI=1S/C17H20N2/c1-13-6-3-8-15(12-13)16-9-5-11-19(16)17-10-4-7-14(2)18-17/h3-4,6-8,10,12,16H,5,9,11H2,1-2H3. The van der Waals surface area contributed by atoms with Gasteiger partial charge in [-0.15, -0.1) is 0 Å². The predicted octanol–water partition coefficient (Wildman–Crippen LogP) is 4.04. The lowest BCUT2D eigenvalue weighted by Gasteiger charge is -2.26. The number of hydrogen-bond acceptors (Lipinski definition) is 2. The Hall–Kier alpha value is -1.83. The molecule has 0 amide bonds. The van der Waals surface area contributed by atoms with Gasteiger partial charge in [0, 0.05) is 12.2 Å². The summed E-state index contributed by atoms with van der Waals surface area (Å²) < 4.78 is 0.